The van der Waals surface area contributed by atoms with E-state index in [1.807, 2.05) is 24.4 Å². The Labute approximate surface area is 201 Å². The molecule has 1 N–H and O–H groups in total. The Morgan fingerprint density at radius 2 is 1.85 bits per heavy atom. The molecule has 0 bridgehead atoms. The second-order valence-corrected chi connectivity index (χ2v) is 9.50. The lowest BCUT2D eigenvalue weighted by atomic mass is 10.0. The minimum Gasteiger partial charge on any atom is -0.351 e. The number of thiocarbonyl (C=S) groups is 1. The normalized spacial score (nSPS) is 18.1. The molecular weight excluding hydrogens is 446 g/mol. The topological polar surface area (TPSA) is 46.0 Å². The molecule has 3 aromatic heterocycles. The van der Waals surface area contributed by atoms with E-state index in [1.54, 1.807) is 11.3 Å². The fourth-order valence-corrected chi connectivity index (χ4v) is 5.80. The van der Waals surface area contributed by atoms with Crippen LogP contribution in [0.15, 0.2) is 91.3 Å². The van der Waals surface area contributed by atoms with Crippen molar-refractivity contribution < 1.29 is 0 Å². The second kappa shape index (κ2) is 8.10. The lowest BCUT2D eigenvalue weighted by Gasteiger charge is -2.28. The summed E-state index contributed by atoms with van der Waals surface area (Å²) in [7, 11) is 0. The van der Waals surface area contributed by atoms with Gasteiger partial charge in [0.2, 0.25) is 0 Å². The fraction of sp³-hybridized carbons (Fsp3) is 0.115. The lowest BCUT2D eigenvalue weighted by molar-refractivity contribution is 0.549. The lowest BCUT2D eigenvalue weighted by Crippen LogP contribution is -2.30. The van der Waals surface area contributed by atoms with Gasteiger partial charge in [-0.1, -0.05) is 41.7 Å². The SMILES string of the molecule is Cc1cccc(N2C(=S)NC(c3ccccn3)C2c2cccn2-c2nc3ccccc3s2)c1. The van der Waals surface area contributed by atoms with Gasteiger partial charge in [-0.2, -0.15) is 0 Å². The summed E-state index contributed by atoms with van der Waals surface area (Å²) in [5.74, 6) is 0. The molecule has 5 aromatic rings. The Balaban J connectivity index is 1.52. The number of aryl methyl sites for hydroxylation is 1. The van der Waals surface area contributed by atoms with Crippen LogP contribution < -0.4 is 10.2 Å². The number of nitrogens with zero attached hydrogens (tertiary/aromatic N) is 4. The largest absolute Gasteiger partial charge is 0.351 e. The van der Waals surface area contributed by atoms with E-state index in [0.29, 0.717) is 5.11 Å². The number of nitrogens with one attached hydrogen (secondary N) is 1. The molecule has 33 heavy (non-hydrogen) atoms. The maximum Gasteiger partial charge on any atom is 0.194 e. The maximum atomic E-state index is 5.87. The highest BCUT2D eigenvalue weighted by atomic mass is 32.1. The smallest absolute Gasteiger partial charge is 0.194 e. The molecule has 1 aliphatic heterocycles. The molecule has 162 valence electrons. The third-order valence-electron chi connectivity index (χ3n) is 5.95. The van der Waals surface area contributed by atoms with Gasteiger partial charge in [0.05, 0.1) is 27.6 Å². The maximum absolute atomic E-state index is 5.87. The number of fused-ring (bicyclic) bond motifs is 1. The summed E-state index contributed by atoms with van der Waals surface area (Å²) in [6, 6.07) is 26.8. The first kappa shape index (κ1) is 20.1. The molecule has 0 amide bonds. The van der Waals surface area contributed by atoms with E-state index in [1.165, 1.54) is 10.3 Å². The van der Waals surface area contributed by atoms with Gasteiger partial charge in [-0.15, -0.1) is 0 Å². The van der Waals surface area contributed by atoms with Gasteiger partial charge in [0, 0.05) is 18.1 Å². The van der Waals surface area contributed by atoms with Gasteiger partial charge in [-0.05, 0) is 73.2 Å². The highest BCUT2D eigenvalue weighted by Crippen LogP contribution is 2.42. The van der Waals surface area contributed by atoms with Crippen LogP contribution in [0.1, 0.15) is 29.0 Å². The van der Waals surface area contributed by atoms with E-state index in [-0.39, 0.29) is 12.1 Å². The monoisotopic (exact) mass is 467 g/mol. The summed E-state index contributed by atoms with van der Waals surface area (Å²) in [6.45, 7) is 2.10. The molecule has 0 spiro atoms. The van der Waals surface area contributed by atoms with E-state index >= 15 is 0 Å². The molecule has 1 saturated heterocycles. The van der Waals surface area contributed by atoms with Crippen molar-refractivity contribution in [2.75, 3.05) is 4.90 Å². The highest BCUT2D eigenvalue weighted by Gasteiger charge is 2.42. The van der Waals surface area contributed by atoms with Gasteiger partial charge in [0.25, 0.3) is 0 Å². The first-order valence-electron chi connectivity index (χ1n) is 10.8. The van der Waals surface area contributed by atoms with Gasteiger partial charge in [-0.3, -0.25) is 9.55 Å². The standard InChI is InChI=1S/C26H21N5S2/c1-17-8-6-9-18(16-17)31-24(23(29-25(31)32)20-11-4-5-14-27-20)21-12-7-15-30(21)26-28-19-10-2-3-13-22(19)33-26/h2-16,23-24H,1H3,(H,29,32). The second-order valence-electron chi connectivity index (χ2n) is 8.10. The van der Waals surface area contributed by atoms with E-state index in [4.69, 9.17) is 17.2 Å². The Kier molecular flexibility index (Phi) is 4.93. The van der Waals surface area contributed by atoms with Crippen molar-refractivity contribution in [2.45, 2.75) is 19.0 Å². The molecule has 0 radical (unpaired) electrons. The van der Waals surface area contributed by atoms with Crippen molar-refractivity contribution >= 4 is 44.6 Å². The number of anilines is 1. The van der Waals surface area contributed by atoms with Gasteiger partial charge in [0.15, 0.2) is 10.2 Å². The molecule has 1 fully saturated rings. The minimum atomic E-state index is -0.0951. The summed E-state index contributed by atoms with van der Waals surface area (Å²) in [4.78, 5) is 11.8. The Hall–Kier alpha value is -3.55. The molecule has 2 unspecified atom stereocenters. The molecular formula is C26H21N5S2. The zero-order valence-electron chi connectivity index (χ0n) is 17.9. The van der Waals surface area contributed by atoms with Crippen molar-refractivity contribution in [3.63, 3.8) is 0 Å². The zero-order chi connectivity index (χ0) is 22.4. The van der Waals surface area contributed by atoms with Crippen LogP contribution in [0.25, 0.3) is 15.3 Å². The molecule has 2 atom stereocenters. The zero-order valence-corrected chi connectivity index (χ0v) is 19.6. The molecule has 0 saturated carbocycles. The summed E-state index contributed by atoms with van der Waals surface area (Å²) in [6.07, 6.45) is 3.91. The van der Waals surface area contributed by atoms with Crippen molar-refractivity contribution in [3.05, 3.63) is 108 Å². The number of hydrogen-bond acceptors (Lipinski definition) is 4. The number of thiazole rings is 1. The molecule has 2 aromatic carbocycles. The highest BCUT2D eigenvalue weighted by molar-refractivity contribution is 7.80. The van der Waals surface area contributed by atoms with E-state index in [9.17, 15) is 0 Å². The summed E-state index contributed by atoms with van der Waals surface area (Å²) >= 11 is 7.56. The summed E-state index contributed by atoms with van der Waals surface area (Å²) < 4.78 is 3.35. The Morgan fingerprint density at radius 3 is 2.67 bits per heavy atom. The van der Waals surface area contributed by atoms with Crippen LogP contribution in [0.3, 0.4) is 0 Å². The van der Waals surface area contributed by atoms with Crippen LogP contribution in [0.4, 0.5) is 5.69 Å². The number of benzene rings is 2. The van der Waals surface area contributed by atoms with Crippen LogP contribution in [-0.2, 0) is 0 Å². The Morgan fingerprint density at radius 1 is 0.970 bits per heavy atom. The van der Waals surface area contributed by atoms with Crippen molar-refractivity contribution in [3.8, 4) is 5.13 Å². The summed E-state index contributed by atoms with van der Waals surface area (Å²) in [5.41, 5.74) is 5.33. The first-order chi connectivity index (χ1) is 16.2. The van der Waals surface area contributed by atoms with Crippen molar-refractivity contribution in [1.82, 2.24) is 19.9 Å². The number of pyridine rings is 1. The molecule has 4 heterocycles. The number of para-hydroxylation sites is 1. The predicted molar refractivity (Wildman–Crippen MR) is 138 cm³/mol. The number of rotatable bonds is 4. The molecule has 5 nitrogen and oxygen atoms in total. The average Bonchev–Trinajstić information content (AvgIpc) is 3.55. The molecule has 6 rings (SSSR count). The average molecular weight is 468 g/mol. The quantitative estimate of drug-likeness (QED) is 0.330. The molecule has 1 aliphatic rings. The molecule has 0 aliphatic carbocycles. The fourth-order valence-electron chi connectivity index (χ4n) is 4.48. The molecule has 7 heteroatoms. The van der Waals surface area contributed by atoms with E-state index in [2.05, 4.69) is 93.6 Å². The van der Waals surface area contributed by atoms with Crippen molar-refractivity contribution in [2.24, 2.45) is 0 Å². The van der Waals surface area contributed by atoms with E-state index < -0.39 is 0 Å². The predicted octanol–water partition coefficient (Wildman–Crippen LogP) is 5.97. The Bertz CT molecular complexity index is 1420. The van der Waals surface area contributed by atoms with Gasteiger partial charge < -0.3 is 10.2 Å². The third-order valence-corrected chi connectivity index (χ3v) is 7.30. The van der Waals surface area contributed by atoms with Gasteiger partial charge in [0.1, 0.15) is 6.04 Å². The third kappa shape index (κ3) is 3.50. The van der Waals surface area contributed by atoms with Crippen LogP contribution in [0.5, 0.6) is 0 Å². The summed E-state index contributed by atoms with van der Waals surface area (Å²) in [5, 5.41) is 5.18. The van der Waals surface area contributed by atoms with Gasteiger partial charge in [-0.25, -0.2) is 4.98 Å². The minimum absolute atomic E-state index is 0.0868. The van der Waals surface area contributed by atoms with Crippen LogP contribution in [0, 0.1) is 6.92 Å². The number of hydrogen-bond donors (Lipinski definition) is 1. The van der Waals surface area contributed by atoms with E-state index in [0.717, 1.165) is 27.7 Å². The van der Waals surface area contributed by atoms with Crippen molar-refractivity contribution in [1.29, 1.82) is 0 Å². The van der Waals surface area contributed by atoms with Crippen LogP contribution in [-0.4, -0.2) is 19.6 Å². The van der Waals surface area contributed by atoms with Crippen LogP contribution >= 0.6 is 23.6 Å². The van der Waals surface area contributed by atoms with Crippen LogP contribution in [0.2, 0.25) is 0 Å². The van der Waals surface area contributed by atoms with Gasteiger partial charge >= 0.3 is 0 Å². The first-order valence-corrected chi connectivity index (χ1v) is 12.0. The number of aromatic nitrogens is 3.